The number of nitrogens with one attached hydrogen (secondary N) is 1. The second kappa shape index (κ2) is 7.80. The summed E-state index contributed by atoms with van der Waals surface area (Å²) in [6.45, 7) is 4.90. The van der Waals surface area contributed by atoms with Crippen molar-refractivity contribution in [3.8, 4) is 0 Å². The van der Waals surface area contributed by atoms with Gasteiger partial charge >= 0.3 is 11.9 Å². The molecule has 0 aromatic carbocycles. The molecule has 1 aliphatic rings. The summed E-state index contributed by atoms with van der Waals surface area (Å²) < 4.78 is 15.4. The molecule has 116 valence electrons. The Morgan fingerprint density at radius 1 is 1.43 bits per heavy atom. The summed E-state index contributed by atoms with van der Waals surface area (Å²) in [5, 5.41) is 2.60. The standard InChI is InChI=1S/C14H20N2O5/c1-2-20-14(18)13(17)15-10-11(12-4-3-7-21-12)16-5-8-19-9-6-16/h3-4,7,11H,2,5-6,8-10H2,1H3,(H,15,17). The van der Waals surface area contributed by atoms with Gasteiger partial charge in [-0.3, -0.25) is 9.69 Å². The number of furan rings is 1. The minimum atomic E-state index is -0.863. The van der Waals surface area contributed by atoms with Crippen molar-refractivity contribution in [1.82, 2.24) is 10.2 Å². The fourth-order valence-corrected chi connectivity index (χ4v) is 2.24. The number of esters is 1. The summed E-state index contributed by atoms with van der Waals surface area (Å²) in [7, 11) is 0. The number of ether oxygens (including phenoxy) is 2. The Hall–Kier alpha value is -1.86. The molecule has 1 aromatic heterocycles. The Morgan fingerprint density at radius 2 is 2.19 bits per heavy atom. The van der Waals surface area contributed by atoms with Gasteiger partial charge in [0.25, 0.3) is 0 Å². The lowest BCUT2D eigenvalue weighted by molar-refractivity contribution is -0.154. The molecule has 0 bridgehead atoms. The fourth-order valence-electron chi connectivity index (χ4n) is 2.24. The zero-order valence-electron chi connectivity index (χ0n) is 12.0. The minimum Gasteiger partial charge on any atom is -0.468 e. The van der Waals surface area contributed by atoms with Crippen LogP contribution in [0.1, 0.15) is 18.7 Å². The average Bonchev–Trinajstić information content (AvgIpc) is 3.03. The van der Waals surface area contributed by atoms with E-state index in [4.69, 9.17) is 9.15 Å². The number of carbonyl (C=O) groups excluding carboxylic acids is 2. The van der Waals surface area contributed by atoms with Crippen LogP contribution < -0.4 is 5.32 Å². The minimum absolute atomic E-state index is 0.123. The van der Waals surface area contributed by atoms with Gasteiger partial charge in [-0.1, -0.05) is 0 Å². The molecule has 1 aliphatic heterocycles. The number of hydrogen-bond acceptors (Lipinski definition) is 6. The van der Waals surface area contributed by atoms with Gasteiger partial charge in [-0.15, -0.1) is 0 Å². The van der Waals surface area contributed by atoms with E-state index in [1.165, 1.54) is 0 Å². The van der Waals surface area contributed by atoms with Crippen LogP contribution in [0.15, 0.2) is 22.8 Å². The fraction of sp³-hybridized carbons (Fsp3) is 0.571. The van der Waals surface area contributed by atoms with Crippen molar-refractivity contribution in [2.24, 2.45) is 0 Å². The summed E-state index contributed by atoms with van der Waals surface area (Å²) in [5.41, 5.74) is 0. The first-order valence-corrected chi connectivity index (χ1v) is 7.02. The molecule has 0 spiro atoms. The molecular weight excluding hydrogens is 276 g/mol. The molecule has 2 rings (SSSR count). The highest BCUT2D eigenvalue weighted by Gasteiger charge is 2.26. The topological polar surface area (TPSA) is 81.0 Å². The summed E-state index contributed by atoms with van der Waals surface area (Å²) in [6.07, 6.45) is 1.59. The molecule has 1 amide bonds. The van der Waals surface area contributed by atoms with Gasteiger partial charge in [0, 0.05) is 19.6 Å². The molecule has 2 heterocycles. The first-order valence-electron chi connectivity index (χ1n) is 7.02. The average molecular weight is 296 g/mol. The van der Waals surface area contributed by atoms with Crippen LogP contribution >= 0.6 is 0 Å². The molecule has 7 nitrogen and oxygen atoms in total. The first kappa shape index (κ1) is 15.5. The highest BCUT2D eigenvalue weighted by Crippen LogP contribution is 2.21. The van der Waals surface area contributed by atoms with Gasteiger partial charge in [0.05, 0.1) is 32.1 Å². The van der Waals surface area contributed by atoms with Crippen molar-refractivity contribution >= 4 is 11.9 Å². The zero-order valence-corrected chi connectivity index (χ0v) is 12.0. The van der Waals surface area contributed by atoms with Crippen LogP contribution in [-0.2, 0) is 19.1 Å². The Bertz CT molecular complexity index is 454. The predicted molar refractivity (Wildman–Crippen MR) is 73.5 cm³/mol. The van der Waals surface area contributed by atoms with Gasteiger partial charge in [0.15, 0.2) is 0 Å². The third-order valence-electron chi connectivity index (χ3n) is 3.27. The molecule has 1 unspecified atom stereocenters. The van der Waals surface area contributed by atoms with Crippen LogP contribution in [0.3, 0.4) is 0 Å². The van der Waals surface area contributed by atoms with E-state index in [1.807, 2.05) is 6.07 Å². The second-order valence-corrected chi connectivity index (χ2v) is 4.61. The van der Waals surface area contributed by atoms with Crippen molar-refractivity contribution < 1.29 is 23.5 Å². The molecule has 21 heavy (non-hydrogen) atoms. The maximum Gasteiger partial charge on any atom is 0.396 e. The molecule has 0 saturated carbocycles. The molecule has 0 aliphatic carbocycles. The van der Waals surface area contributed by atoms with Crippen LogP contribution in [0.2, 0.25) is 0 Å². The maximum atomic E-state index is 11.6. The molecule has 0 radical (unpaired) electrons. The molecule has 1 fully saturated rings. The number of rotatable bonds is 5. The zero-order chi connectivity index (χ0) is 15.1. The second-order valence-electron chi connectivity index (χ2n) is 4.61. The van der Waals surface area contributed by atoms with Gasteiger partial charge in [-0.25, -0.2) is 4.79 Å². The first-order chi connectivity index (χ1) is 10.2. The third-order valence-corrected chi connectivity index (χ3v) is 3.27. The molecule has 7 heteroatoms. The van der Waals surface area contributed by atoms with Crippen LogP contribution in [-0.4, -0.2) is 56.2 Å². The van der Waals surface area contributed by atoms with Gasteiger partial charge < -0.3 is 19.2 Å². The molecule has 1 aromatic rings. The quantitative estimate of drug-likeness (QED) is 0.623. The highest BCUT2D eigenvalue weighted by molar-refractivity contribution is 6.32. The van der Waals surface area contributed by atoms with E-state index >= 15 is 0 Å². The van der Waals surface area contributed by atoms with E-state index in [0.717, 1.165) is 18.8 Å². The molecule has 1 saturated heterocycles. The van der Waals surface area contributed by atoms with E-state index in [1.54, 1.807) is 19.3 Å². The van der Waals surface area contributed by atoms with Crippen LogP contribution in [0.4, 0.5) is 0 Å². The molecule has 1 N–H and O–H groups in total. The Labute approximate surface area is 123 Å². The van der Waals surface area contributed by atoms with Crippen molar-refractivity contribution in [3.63, 3.8) is 0 Å². The Morgan fingerprint density at radius 3 is 2.81 bits per heavy atom. The molecule has 1 atom stereocenters. The maximum absolute atomic E-state index is 11.6. The van der Waals surface area contributed by atoms with Gasteiger partial charge in [0.2, 0.25) is 0 Å². The lowest BCUT2D eigenvalue weighted by atomic mass is 10.1. The molecular formula is C14H20N2O5. The summed E-state index contributed by atoms with van der Waals surface area (Å²) in [5.74, 6) is -0.847. The van der Waals surface area contributed by atoms with Crippen molar-refractivity contribution in [3.05, 3.63) is 24.2 Å². The largest absolute Gasteiger partial charge is 0.468 e. The SMILES string of the molecule is CCOC(=O)C(=O)NCC(c1ccco1)N1CCOCC1. The number of morpholine rings is 1. The van der Waals surface area contributed by atoms with Gasteiger partial charge in [-0.05, 0) is 19.1 Å². The summed E-state index contributed by atoms with van der Waals surface area (Å²) in [6, 6.07) is 3.54. The van der Waals surface area contributed by atoms with Crippen LogP contribution in [0.25, 0.3) is 0 Å². The van der Waals surface area contributed by atoms with E-state index in [2.05, 4.69) is 15.0 Å². The number of amides is 1. The summed E-state index contributed by atoms with van der Waals surface area (Å²) >= 11 is 0. The van der Waals surface area contributed by atoms with Crippen LogP contribution in [0, 0.1) is 0 Å². The number of nitrogens with zero attached hydrogens (tertiary/aromatic N) is 1. The predicted octanol–water partition coefficient (Wildman–Crippen LogP) is 0.332. The highest BCUT2D eigenvalue weighted by atomic mass is 16.5. The van der Waals surface area contributed by atoms with Crippen molar-refractivity contribution in [2.45, 2.75) is 13.0 Å². The van der Waals surface area contributed by atoms with Crippen molar-refractivity contribution in [1.29, 1.82) is 0 Å². The Kier molecular flexibility index (Phi) is 5.77. The lowest BCUT2D eigenvalue weighted by Crippen LogP contribution is -2.45. The van der Waals surface area contributed by atoms with E-state index in [-0.39, 0.29) is 19.2 Å². The van der Waals surface area contributed by atoms with Gasteiger partial charge in [-0.2, -0.15) is 0 Å². The Balaban J connectivity index is 1.96. The smallest absolute Gasteiger partial charge is 0.396 e. The van der Waals surface area contributed by atoms with E-state index in [9.17, 15) is 9.59 Å². The summed E-state index contributed by atoms with van der Waals surface area (Å²) in [4.78, 5) is 25.1. The third kappa shape index (κ3) is 4.30. The van der Waals surface area contributed by atoms with Crippen molar-refractivity contribution in [2.75, 3.05) is 39.5 Å². The van der Waals surface area contributed by atoms with E-state index < -0.39 is 11.9 Å². The lowest BCUT2D eigenvalue weighted by Gasteiger charge is -2.33. The van der Waals surface area contributed by atoms with Crippen LogP contribution in [0.5, 0.6) is 0 Å². The monoisotopic (exact) mass is 296 g/mol. The van der Waals surface area contributed by atoms with E-state index in [0.29, 0.717) is 13.2 Å². The number of carbonyl (C=O) groups is 2. The number of hydrogen-bond donors (Lipinski definition) is 1. The normalized spacial score (nSPS) is 17.2. The van der Waals surface area contributed by atoms with Gasteiger partial charge in [0.1, 0.15) is 5.76 Å².